The van der Waals surface area contributed by atoms with Gasteiger partial charge in [-0.3, -0.25) is 9.47 Å². The molecule has 1 unspecified atom stereocenters. The predicted molar refractivity (Wildman–Crippen MR) is 208 cm³/mol. The monoisotopic (exact) mass is 628 g/mol. The van der Waals surface area contributed by atoms with Gasteiger partial charge in [-0.2, -0.15) is 0 Å². The zero-order chi connectivity index (χ0) is 33.8. The quantitative estimate of drug-likeness (QED) is 0.158. The van der Waals surface area contributed by atoms with Crippen molar-refractivity contribution in [2.24, 2.45) is 7.05 Å². The van der Waals surface area contributed by atoms with Gasteiger partial charge in [-0.05, 0) is 90.6 Å². The lowest BCUT2D eigenvalue weighted by Crippen LogP contribution is -2.38. The fraction of sp³-hybridized carbons (Fsp3) is 0.341. The van der Waals surface area contributed by atoms with Crippen LogP contribution in [-0.4, -0.2) is 11.6 Å². The molecule has 4 aromatic rings. The Balaban J connectivity index is 0.000000894. The van der Waals surface area contributed by atoms with Crippen molar-refractivity contribution < 1.29 is 4.57 Å². The molecular weight excluding hydrogens is 571 g/mol. The van der Waals surface area contributed by atoms with E-state index in [0.29, 0.717) is 0 Å². The summed E-state index contributed by atoms with van der Waals surface area (Å²) in [6.07, 6.45) is 15.3. The molecule has 0 bridgehead atoms. The summed E-state index contributed by atoms with van der Waals surface area (Å²) in [5, 5.41) is 1.24. The number of aryl methyl sites for hydroxylation is 4. The third-order valence-corrected chi connectivity index (χ3v) is 7.93. The Morgan fingerprint density at radius 2 is 1.51 bits per heavy atom. The Hall–Kier alpha value is -4.55. The van der Waals surface area contributed by atoms with Crippen LogP contribution in [0.15, 0.2) is 120 Å². The highest BCUT2D eigenvalue weighted by atomic mass is 15.2. The molecule has 0 amide bonds. The van der Waals surface area contributed by atoms with Gasteiger partial charge in [0.1, 0.15) is 11.7 Å². The molecule has 6 rings (SSSR count). The van der Waals surface area contributed by atoms with Crippen molar-refractivity contribution in [3.05, 3.63) is 142 Å². The van der Waals surface area contributed by atoms with Gasteiger partial charge >= 0.3 is 0 Å². The smallest absolute Gasteiger partial charge is 0.236 e. The largest absolute Gasteiger partial charge is 0.262 e. The number of nitrogens with zero attached hydrogens (tertiary/aromatic N) is 3. The van der Waals surface area contributed by atoms with Crippen LogP contribution in [0.5, 0.6) is 0 Å². The lowest BCUT2D eigenvalue weighted by molar-refractivity contribution is -0.634. The average molecular weight is 629 g/mol. The molecule has 248 valence electrons. The van der Waals surface area contributed by atoms with Gasteiger partial charge < -0.3 is 0 Å². The molecule has 0 saturated heterocycles. The highest BCUT2D eigenvalue weighted by molar-refractivity contribution is 5.80. The second kappa shape index (κ2) is 18.6. The van der Waals surface area contributed by atoms with Crippen LogP contribution in [0.1, 0.15) is 90.1 Å². The van der Waals surface area contributed by atoms with Crippen LogP contribution in [0.4, 0.5) is 11.5 Å². The van der Waals surface area contributed by atoms with Gasteiger partial charge in [0.05, 0.1) is 25.7 Å². The maximum absolute atomic E-state index is 3.15. The van der Waals surface area contributed by atoms with Crippen molar-refractivity contribution in [1.82, 2.24) is 4.57 Å². The number of rotatable bonds is 5. The Kier molecular flexibility index (Phi) is 15.3. The van der Waals surface area contributed by atoms with E-state index in [2.05, 4.69) is 159 Å². The molecule has 0 spiro atoms. The fourth-order valence-corrected chi connectivity index (χ4v) is 6.28. The molecule has 0 N–H and O–H groups in total. The van der Waals surface area contributed by atoms with Crippen molar-refractivity contribution >= 4 is 28.1 Å². The van der Waals surface area contributed by atoms with Crippen molar-refractivity contribution in [3.8, 4) is 0 Å². The second-order valence-corrected chi connectivity index (χ2v) is 11.4. The van der Waals surface area contributed by atoms with Crippen LogP contribution in [0.3, 0.4) is 0 Å². The molecule has 2 aromatic carbocycles. The number of allylic oxidation sites excluding steroid dienone is 8. The van der Waals surface area contributed by atoms with Crippen LogP contribution < -0.4 is 9.47 Å². The first-order valence-electron chi connectivity index (χ1n) is 17.0. The van der Waals surface area contributed by atoms with E-state index in [1.165, 1.54) is 62.1 Å². The molecule has 2 aromatic heterocycles. The Bertz CT molecular complexity index is 1790. The first kappa shape index (κ1) is 38.6. The van der Waals surface area contributed by atoms with Crippen molar-refractivity contribution in [2.45, 2.75) is 88.6 Å². The van der Waals surface area contributed by atoms with Gasteiger partial charge in [0, 0.05) is 12.5 Å². The van der Waals surface area contributed by atoms with Gasteiger partial charge in [0.25, 0.3) is 0 Å². The molecule has 47 heavy (non-hydrogen) atoms. The molecule has 2 aliphatic rings. The molecule has 0 aliphatic heterocycles. The van der Waals surface area contributed by atoms with Crippen LogP contribution in [0.25, 0.3) is 16.6 Å². The van der Waals surface area contributed by atoms with Gasteiger partial charge in [0.2, 0.25) is 11.5 Å². The third-order valence-electron chi connectivity index (χ3n) is 7.93. The van der Waals surface area contributed by atoms with E-state index in [0.717, 1.165) is 12.2 Å². The minimum atomic E-state index is 0. The highest BCUT2D eigenvalue weighted by Crippen LogP contribution is 2.37. The molecular formula is C44H58N3+. The Labute approximate surface area is 286 Å². The van der Waals surface area contributed by atoms with E-state index in [4.69, 9.17) is 0 Å². The van der Waals surface area contributed by atoms with Crippen molar-refractivity contribution in [2.75, 3.05) is 11.9 Å². The highest BCUT2D eigenvalue weighted by Gasteiger charge is 2.26. The molecule has 1 atom stereocenters. The maximum Gasteiger partial charge on any atom is 0.236 e. The van der Waals surface area contributed by atoms with Gasteiger partial charge in [0.15, 0.2) is 0 Å². The van der Waals surface area contributed by atoms with Crippen LogP contribution in [0.2, 0.25) is 0 Å². The Morgan fingerprint density at radius 1 is 0.872 bits per heavy atom. The molecule has 2 aliphatic carbocycles. The first-order valence-corrected chi connectivity index (χ1v) is 17.0. The number of aromatic nitrogens is 2. The minimum Gasteiger partial charge on any atom is -0.262 e. The summed E-state index contributed by atoms with van der Waals surface area (Å²) in [4.78, 5) is 2.33. The molecule has 3 heteroatoms. The molecule has 0 fully saturated rings. The number of benzene rings is 2. The van der Waals surface area contributed by atoms with E-state index < -0.39 is 0 Å². The topological polar surface area (TPSA) is 12.1 Å². The summed E-state index contributed by atoms with van der Waals surface area (Å²) >= 11 is 0. The van der Waals surface area contributed by atoms with E-state index in [-0.39, 0.29) is 13.5 Å². The zero-order valence-electron chi connectivity index (χ0n) is 30.1. The van der Waals surface area contributed by atoms with E-state index in [9.17, 15) is 0 Å². The second-order valence-electron chi connectivity index (χ2n) is 11.4. The number of pyridine rings is 1. The molecule has 2 heterocycles. The van der Waals surface area contributed by atoms with Crippen LogP contribution >= 0.6 is 0 Å². The minimum absolute atomic E-state index is 0. The molecule has 0 radical (unpaired) electrons. The van der Waals surface area contributed by atoms with Crippen molar-refractivity contribution in [3.63, 3.8) is 0 Å². The third kappa shape index (κ3) is 8.83. The predicted octanol–water partition coefficient (Wildman–Crippen LogP) is 12.0. The summed E-state index contributed by atoms with van der Waals surface area (Å²) < 4.78 is 4.78. The summed E-state index contributed by atoms with van der Waals surface area (Å²) in [6.45, 7) is 18.8. The molecule has 0 saturated carbocycles. The Morgan fingerprint density at radius 3 is 2.11 bits per heavy atom. The lowest BCUT2D eigenvalue weighted by Gasteiger charge is -2.24. The maximum atomic E-state index is 3.15. The lowest BCUT2D eigenvalue weighted by atomic mass is 9.87. The first-order chi connectivity index (χ1) is 22.3. The van der Waals surface area contributed by atoms with E-state index >= 15 is 0 Å². The standard InChI is InChI=1S/C36H34N3.C3H8.2C2H6.CH4/c1-25-20-26(2)35(27(3)21-25)37(4)34-17-16-30-18-19-39(36(30)38(34)5)33-23-31(28-12-8-6-9-13-28)22-32(24-33)29-14-10-7-11-15-29;1-3-2;2*1-2;/h6,8-10,12-23,33H,24H2,1-5H3;3H2,1-2H3;2*1-2H3;1H4/q+1;;;;. The van der Waals surface area contributed by atoms with E-state index in [1.807, 2.05) is 39.8 Å². The summed E-state index contributed by atoms with van der Waals surface area (Å²) in [5.74, 6) is 1.16. The number of hydrogen-bond donors (Lipinski definition) is 0. The van der Waals surface area contributed by atoms with Gasteiger partial charge in [-0.1, -0.05) is 121 Å². The summed E-state index contributed by atoms with van der Waals surface area (Å²) in [5.41, 5.74) is 17.5. The molecule has 3 nitrogen and oxygen atoms in total. The number of anilines is 2. The van der Waals surface area contributed by atoms with Gasteiger partial charge in [-0.15, -0.1) is 0 Å². The van der Waals surface area contributed by atoms with Crippen LogP contribution in [0, 0.1) is 20.8 Å². The number of fused-ring (bicyclic) bond motifs is 1. The van der Waals surface area contributed by atoms with E-state index in [1.54, 1.807) is 0 Å². The number of hydrogen-bond acceptors (Lipinski definition) is 1. The van der Waals surface area contributed by atoms with Crippen molar-refractivity contribution in [1.29, 1.82) is 0 Å². The fourth-order valence-electron chi connectivity index (χ4n) is 6.28. The van der Waals surface area contributed by atoms with Gasteiger partial charge in [-0.25, -0.2) is 4.57 Å². The zero-order valence-corrected chi connectivity index (χ0v) is 30.1. The average Bonchev–Trinajstić information content (AvgIpc) is 3.53. The summed E-state index contributed by atoms with van der Waals surface area (Å²) in [7, 11) is 4.36. The SMILES string of the molecule is C.CC.CC.CCC.Cc1cc(C)c(N(C)c2ccc3ccn(C4C=C(c5ccccc5)C=C(C5=CC=C=C=C5)C4)c3[n+]2C)c(C)c1. The van der Waals surface area contributed by atoms with Crippen LogP contribution in [-0.2, 0) is 7.05 Å². The summed E-state index contributed by atoms with van der Waals surface area (Å²) in [6, 6.07) is 22.1. The normalized spacial score (nSPS) is 14.2.